The van der Waals surface area contributed by atoms with Crippen molar-refractivity contribution >= 4 is 0 Å². The quantitative estimate of drug-likeness (QED) is 0.756. The van der Waals surface area contributed by atoms with Crippen LogP contribution in [0.15, 0.2) is 18.2 Å². The number of hydrogen-bond donors (Lipinski definition) is 1. The normalized spacial score (nSPS) is 15.2. The van der Waals surface area contributed by atoms with Gasteiger partial charge in [0.1, 0.15) is 0 Å². The van der Waals surface area contributed by atoms with Crippen LogP contribution in [0.3, 0.4) is 0 Å². The Morgan fingerprint density at radius 3 is 2.30 bits per heavy atom. The minimum atomic E-state index is -4.33. The van der Waals surface area contributed by atoms with E-state index in [-0.39, 0.29) is 5.92 Å². The summed E-state index contributed by atoms with van der Waals surface area (Å²) in [6.45, 7) is 5.71. The first kappa shape index (κ1) is 17.0. The molecule has 0 saturated carbocycles. The van der Waals surface area contributed by atoms with Gasteiger partial charge in [0.2, 0.25) is 0 Å². The molecule has 0 fully saturated rings. The van der Waals surface area contributed by atoms with E-state index < -0.39 is 17.8 Å². The highest BCUT2D eigenvalue weighted by molar-refractivity contribution is 5.34. The van der Waals surface area contributed by atoms with E-state index in [2.05, 4.69) is 6.92 Å². The van der Waals surface area contributed by atoms with Gasteiger partial charge in [0.05, 0.1) is 11.7 Å². The van der Waals surface area contributed by atoms with Crippen molar-refractivity contribution in [1.82, 2.24) is 0 Å². The van der Waals surface area contributed by atoms with Gasteiger partial charge in [-0.3, -0.25) is 0 Å². The number of benzene rings is 1. The maximum absolute atomic E-state index is 12.6. The molecule has 0 bridgehead atoms. The van der Waals surface area contributed by atoms with Crippen LogP contribution in [0.4, 0.5) is 13.2 Å². The number of halogens is 3. The molecule has 0 aliphatic carbocycles. The van der Waals surface area contributed by atoms with Gasteiger partial charge in [0.25, 0.3) is 0 Å². The summed E-state index contributed by atoms with van der Waals surface area (Å²) in [6, 6.07) is 3.58. The van der Waals surface area contributed by atoms with E-state index in [9.17, 15) is 18.3 Å². The van der Waals surface area contributed by atoms with Gasteiger partial charge >= 0.3 is 6.18 Å². The van der Waals surface area contributed by atoms with Crippen LogP contribution in [-0.2, 0) is 6.18 Å². The van der Waals surface area contributed by atoms with Crippen molar-refractivity contribution in [2.45, 2.75) is 58.7 Å². The third-order valence-electron chi connectivity index (χ3n) is 3.82. The van der Waals surface area contributed by atoms with Crippen molar-refractivity contribution in [3.63, 3.8) is 0 Å². The Hall–Kier alpha value is -1.03. The second kappa shape index (κ2) is 7.11. The Labute approximate surface area is 118 Å². The number of alkyl halides is 3. The minimum Gasteiger partial charge on any atom is -0.388 e. The zero-order chi connectivity index (χ0) is 15.3. The second-order valence-corrected chi connectivity index (χ2v) is 5.32. The first-order valence-electron chi connectivity index (χ1n) is 7.17. The van der Waals surface area contributed by atoms with Crippen LogP contribution in [0.25, 0.3) is 0 Å². The van der Waals surface area contributed by atoms with Crippen molar-refractivity contribution in [1.29, 1.82) is 0 Å². The average Bonchev–Trinajstić information content (AvgIpc) is 2.38. The molecule has 1 nitrogen and oxygen atoms in total. The van der Waals surface area contributed by atoms with E-state index in [1.54, 1.807) is 6.92 Å². The third-order valence-corrected chi connectivity index (χ3v) is 3.82. The largest absolute Gasteiger partial charge is 0.416 e. The molecule has 0 aromatic heterocycles. The Morgan fingerprint density at radius 2 is 1.85 bits per heavy atom. The molecule has 0 saturated heterocycles. The summed E-state index contributed by atoms with van der Waals surface area (Å²) in [7, 11) is 0. The summed E-state index contributed by atoms with van der Waals surface area (Å²) in [5, 5.41) is 10.4. The van der Waals surface area contributed by atoms with E-state index in [0.717, 1.165) is 37.8 Å². The Kier molecular flexibility index (Phi) is 6.06. The Balaban J connectivity index is 2.95. The Bertz CT molecular complexity index is 426. The molecule has 0 amide bonds. The third kappa shape index (κ3) is 4.23. The van der Waals surface area contributed by atoms with Gasteiger partial charge in [-0.2, -0.15) is 13.2 Å². The predicted molar refractivity (Wildman–Crippen MR) is 74.4 cm³/mol. The lowest BCUT2D eigenvalue weighted by atomic mass is 9.87. The van der Waals surface area contributed by atoms with Crippen molar-refractivity contribution < 1.29 is 18.3 Å². The predicted octanol–water partition coefficient (Wildman–Crippen LogP) is 5.26. The highest BCUT2D eigenvalue weighted by atomic mass is 19.4. The second-order valence-electron chi connectivity index (χ2n) is 5.32. The monoisotopic (exact) mass is 288 g/mol. The summed E-state index contributed by atoms with van der Waals surface area (Å²) in [5.74, 6) is 0.102. The molecule has 1 N–H and O–H groups in total. The lowest BCUT2D eigenvalue weighted by Gasteiger charge is -2.24. The number of aryl methyl sites for hydroxylation is 1. The zero-order valence-corrected chi connectivity index (χ0v) is 12.3. The molecule has 1 aromatic carbocycles. The molecule has 0 aliphatic rings. The van der Waals surface area contributed by atoms with Crippen molar-refractivity contribution in [2.75, 3.05) is 0 Å². The van der Waals surface area contributed by atoms with Crippen LogP contribution < -0.4 is 0 Å². The van der Waals surface area contributed by atoms with Gasteiger partial charge in [-0.15, -0.1) is 0 Å². The van der Waals surface area contributed by atoms with Gasteiger partial charge in [-0.25, -0.2) is 0 Å². The summed E-state index contributed by atoms with van der Waals surface area (Å²) in [5.41, 5.74) is 0.454. The van der Waals surface area contributed by atoms with Crippen LogP contribution in [0, 0.1) is 12.8 Å². The molecular weight excluding hydrogens is 265 g/mol. The summed E-state index contributed by atoms with van der Waals surface area (Å²) in [6.07, 6.45) is -1.23. The summed E-state index contributed by atoms with van der Waals surface area (Å²) < 4.78 is 37.9. The van der Waals surface area contributed by atoms with Crippen LogP contribution in [0.1, 0.15) is 62.3 Å². The van der Waals surface area contributed by atoms with Gasteiger partial charge in [-0.1, -0.05) is 39.2 Å². The maximum Gasteiger partial charge on any atom is 0.416 e. The first-order chi connectivity index (χ1) is 9.31. The fraction of sp³-hybridized carbons (Fsp3) is 0.625. The molecule has 1 rings (SSSR count). The first-order valence-corrected chi connectivity index (χ1v) is 7.17. The van der Waals surface area contributed by atoms with Gasteiger partial charge in [0, 0.05) is 0 Å². The average molecular weight is 288 g/mol. The van der Waals surface area contributed by atoms with Crippen LogP contribution in [0.5, 0.6) is 0 Å². The molecule has 1 aromatic rings. The van der Waals surface area contributed by atoms with Crippen molar-refractivity contribution in [3.8, 4) is 0 Å². The molecular formula is C16H23F3O. The van der Waals surface area contributed by atoms with Crippen LogP contribution in [-0.4, -0.2) is 5.11 Å². The molecule has 0 heterocycles. The van der Waals surface area contributed by atoms with Gasteiger partial charge in [0.15, 0.2) is 0 Å². The molecule has 114 valence electrons. The van der Waals surface area contributed by atoms with E-state index in [1.165, 1.54) is 6.07 Å². The molecule has 4 heteroatoms. The number of hydrogen-bond acceptors (Lipinski definition) is 1. The van der Waals surface area contributed by atoms with Crippen LogP contribution >= 0.6 is 0 Å². The standard InChI is InChI=1S/C16H23F3O/c1-4-6-7-12(5-2)15(20)14-9-8-13(10-11(14)3)16(17,18)19/h8-10,12,15,20H,4-7H2,1-3H3. The van der Waals surface area contributed by atoms with E-state index in [1.807, 2.05) is 6.92 Å². The van der Waals surface area contributed by atoms with Crippen molar-refractivity contribution in [3.05, 3.63) is 34.9 Å². The molecule has 0 spiro atoms. The number of rotatable bonds is 6. The summed E-state index contributed by atoms with van der Waals surface area (Å²) in [4.78, 5) is 0. The molecule has 20 heavy (non-hydrogen) atoms. The minimum absolute atomic E-state index is 0.102. The van der Waals surface area contributed by atoms with E-state index >= 15 is 0 Å². The SMILES string of the molecule is CCCCC(CC)C(O)c1ccc(C(F)(F)F)cc1C. The molecule has 2 unspecified atom stereocenters. The topological polar surface area (TPSA) is 20.2 Å². The summed E-state index contributed by atoms with van der Waals surface area (Å²) >= 11 is 0. The van der Waals surface area contributed by atoms with Gasteiger partial charge < -0.3 is 5.11 Å². The fourth-order valence-electron chi connectivity index (χ4n) is 2.49. The lowest BCUT2D eigenvalue weighted by Crippen LogP contribution is -2.14. The van der Waals surface area contributed by atoms with Crippen LogP contribution in [0.2, 0.25) is 0 Å². The zero-order valence-electron chi connectivity index (χ0n) is 12.3. The van der Waals surface area contributed by atoms with Gasteiger partial charge in [-0.05, 0) is 42.5 Å². The van der Waals surface area contributed by atoms with Crippen molar-refractivity contribution in [2.24, 2.45) is 5.92 Å². The molecule has 2 atom stereocenters. The Morgan fingerprint density at radius 1 is 1.20 bits per heavy atom. The molecule has 0 aliphatic heterocycles. The smallest absolute Gasteiger partial charge is 0.388 e. The van der Waals surface area contributed by atoms with E-state index in [0.29, 0.717) is 11.1 Å². The number of unbranched alkanes of at least 4 members (excludes halogenated alkanes) is 1. The number of aliphatic hydroxyl groups excluding tert-OH is 1. The van der Waals surface area contributed by atoms with E-state index in [4.69, 9.17) is 0 Å². The maximum atomic E-state index is 12.6. The lowest BCUT2D eigenvalue weighted by molar-refractivity contribution is -0.137. The number of aliphatic hydroxyl groups is 1. The highest BCUT2D eigenvalue weighted by Gasteiger charge is 2.31. The molecule has 0 radical (unpaired) electrons. The highest BCUT2D eigenvalue weighted by Crippen LogP contribution is 2.35. The fourth-order valence-corrected chi connectivity index (χ4v) is 2.49.